The van der Waals surface area contributed by atoms with Crippen molar-refractivity contribution in [3.63, 3.8) is 0 Å². The standard InChI is InChI=1S/C13H23ClOS2/c1-3-4-5-6-7-8-11-17(15)16-12-13(2)9-10-14/h7-9H,3-6,10-12H2,1-2H3/b8-7+,13-9-. The molecule has 0 N–H and O–H groups in total. The van der Waals surface area contributed by atoms with Crippen LogP contribution in [0, 0.1) is 0 Å². The first kappa shape index (κ1) is 17.3. The fourth-order valence-electron chi connectivity index (χ4n) is 1.17. The van der Waals surface area contributed by atoms with Gasteiger partial charge in [-0.1, -0.05) is 54.4 Å². The van der Waals surface area contributed by atoms with E-state index in [2.05, 4.69) is 13.0 Å². The minimum Gasteiger partial charge on any atom is -0.248 e. The second-order valence-electron chi connectivity index (χ2n) is 3.90. The predicted octanol–water partition coefficient (Wildman–Crippen LogP) is 4.70. The molecule has 0 saturated heterocycles. The third-order valence-corrected chi connectivity index (χ3v) is 5.22. The molecule has 17 heavy (non-hydrogen) atoms. The second kappa shape index (κ2) is 12.7. The molecular formula is C13H23ClOS2. The molecule has 4 heteroatoms. The van der Waals surface area contributed by atoms with Crippen molar-refractivity contribution >= 4 is 32.2 Å². The number of hydrogen-bond donors (Lipinski definition) is 0. The molecule has 1 unspecified atom stereocenters. The summed E-state index contributed by atoms with van der Waals surface area (Å²) in [5.74, 6) is 2.00. The summed E-state index contributed by atoms with van der Waals surface area (Å²) in [6.07, 6.45) is 11.0. The van der Waals surface area contributed by atoms with Crippen LogP contribution in [0.2, 0.25) is 0 Å². The number of unbranched alkanes of at least 4 members (excludes halogenated alkanes) is 3. The summed E-state index contributed by atoms with van der Waals surface area (Å²) < 4.78 is 11.6. The smallest absolute Gasteiger partial charge is 0.0845 e. The molecule has 1 nitrogen and oxygen atoms in total. The molecule has 0 bridgehead atoms. The van der Waals surface area contributed by atoms with Crippen molar-refractivity contribution < 1.29 is 4.21 Å². The van der Waals surface area contributed by atoms with Crippen LogP contribution >= 0.6 is 22.4 Å². The highest BCUT2D eigenvalue weighted by atomic mass is 35.5. The molecule has 100 valence electrons. The summed E-state index contributed by atoms with van der Waals surface area (Å²) in [5.41, 5.74) is 1.20. The van der Waals surface area contributed by atoms with Crippen molar-refractivity contribution in [1.29, 1.82) is 0 Å². The van der Waals surface area contributed by atoms with Crippen LogP contribution in [0.1, 0.15) is 39.5 Å². The van der Waals surface area contributed by atoms with E-state index in [1.807, 2.05) is 19.1 Å². The minimum absolute atomic E-state index is 0.538. The largest absolute Gasteiger partial charge is 0.248 e. The van der Waals surface area contributed by atoms with Gasteiger partial charge in [-0.25, -0.2) is 4.21 Å². The van der Waals surface area contributed by atoms with Gasteiger partial charge < -0.3 is 0 Å². The molecule has 0 aliphatic carbocycles. The molecule has 0 aromatic heterocycles. The van der Waals surface area contributed by atoms with Gasteiger partial charge in [-0.3, -0.25) is 0 Å². The van der Waals surface area contributed by atoms with Crippen LogP contribution in [-0.2, 0) is 9.83 Å². The van der Waals surface area contributed by atoms with Crippen molar-refractivity contribution in [3.05, 3.63) is 23.8 Å². The zero-order valence-corrected chi connectivity index (χ0v) is 13.2. The van der Waals surface area contributed by atoms with Gasteiger partial charge in [0.2, 0.25) is 0 Å². The van der Waals surface area contributed by atoms with E-state index < -0.39 is 9.83 Å². The van der Waals surface area contributed by atoms with Gasteiger partial charge in [-0.15, -0.1) is 11.6 Å². The summed E-state index contributed by atoms with van der Waals surface area (Å²) in [6.45, 7) is 4.22. The molecule has 0 rings (SSSR count). The van der Waals surface area contributed by atoms with Gasteiger partial charge in [0.05, 0.1) is 15.6 Å². The van der Waals surface area contributed by atoms with Crippen molar-refractivity contribution in [2.24, 2.45) is 0 Å². The molecular weight excluding hydrogens is 272 g/mol. The van der Waals surface area contributed by atoms with Gasteiger partial charge in [0, 0.05) is 11.6 Å². The fraction of sp³-hybridized carbons (Fsp3) is 0.692. The topological polar surface area (TPSA) is 17.1 Å². The van der Waals surface area contributed by atoms with Gasteiger partial charge in [0.1, 0.15) is 0 Å². The average molecular weight is 295 g/mol. The highest BCUT2D eigenvalue weighted by Crippen LogP contribution is 2.13. The number of allylic oxidation sites excluding steroid dienone is 2. The molecule has 0 spiro atoms. The summed E-state index contributed by atoms with van der Waals surface area (Å²) in [7, 11) is 0.681. The summed E-state index contributed by atoms with van der Waals surface area (Å²) in [4.78, 5) is 0. The zero-order chi connectivity index (χ0) is 12.9. The molecule has 0 saturated carbocycles. The molecule has 0 aliphatic heterocycles. The van der Waals surface area contributed by atoms with Crippen molar-refractivity contribution in [3.8, 4) is 0 Å². The molecule has 0 heterocycles. The SMILES string of the molecule is CCCCC/C=C/CS(=O)SC/C(C)=C\CCl. The van der Waals surface area contributed by atoms with Crippen molar-refractivity contribution in [1.82, 2.24) is 0 Å². The lowest BCUT2D eigenvalue weighted by Gasteiger charge is -1.99. The quantitative estimate of drug-likeness (QED) is 0.251. The Morgan fingerprint density at radius 1 is 1.35 bits per heavy atom. The van der Waals surface area contributed by atoms with E-state index in [4.69, 9.17) is 11.6 Å². The number of alkyl halides is 1. The maximum absolute atomic E-state index is 11.6. The van der Waals surface area contributed by atoms with E-state index in [0.717, 1.165) is 12.2 Å². The molecule has 0 aliphatic rings. The Morgan fingerprint density at radius 2 is 2.12 bits per heavy atom. The Balaban J connectivity index is 3.55. The highest BCUT2D eigenvalue weighted by Gasteiger charge is 1.98. The van der Waals surface area contributed by atoms with Crippen LogP contribution < -0.4 is 0 Å². The Kier molecular flexibility index (Phi) is 12.9. The highest BCUT2D eigenvalue weighted by molar-refractivity contribution is 8.69. The number of hydrogen-bond acceptors (Lipinski definition) is 2. The van der Waals surface area contributed by atoms with Gasteiger partial charge in [0.25, 0.3) is 0 Å². The van der Waals surface area contributed by atoms with E-state index in [1.165, 1.54) is 35.6 Å². The second-order valence-corrected chi connectivity index (χ2v) is 7.50. The first-order valence-corrected chi connectivity index (χ1v) is 9.44. The van der Waals surface area contributed by atoms with Crippen molar-refractivity contribution in [2.45, 2.75) is 39.5 Å². The molecule has 1 atom stereocenters. The molecule has 0 fully saturated rings. The number of halogens is 1. The first-order chi connectivity index (χ1) is 8.20. The van der Waals surface area contributed by atoms with Crippen LogP contribution in [0.4, 0.5) is 0 Å². The third kappa shape index (κ3) is 12.5. The maximum Gasteiger partial charge on any atom is 0.0845 e. The lowest BCUT2D eigenvalue weighted by atomic mass is 10.2. The predicted molar refractivity (Wildman–Crippen MR) is 83.2 cm³/mol. The van der Waals surface area contributed by atoms with Gasteiger partial charge in [-0.2, -0.15) is 0 Å². The molecule has 0 aromatic carbocycles. The maximum atomic E-state index is 11.6. The lowest BCUT2D eigenvalue weighted by molar-refractivity contribution is 0.693. The van der Waals surface area contributed by atoms with Crippen molar-refractivity contribution in [2.75, 3.05) is 17.4 Å². The van der Waals surface area contributed by atoms with Gasteiger partial charge in [0.15, 0.2) is 0 Å². The van der Waals surface area contributed by atoms with Crippen LogP contribution in [0.3, 0.4) is 0 Å². The Hall–Kier alpha value is 0.270. The molecule has 0 radical (unpaired) electrons. The van der Waals surface area contributed by atoms with Crippen LogP contribution in [0.25, 0.3) is 0 Å². The van der Waals surface area contributed by atoms with Gasteiger partial charge >= 0.3 is 0 Å². The fourth-order valence-corrected chi connectivity index (χ4v) is 3.74. The average Bonchev–Trinajstić information content (AvgIpc) is 2.31. The number of rotatable bonds is 10. The Bertz CT molecular complexity index is 262. The molecule has 0 amide bonds. The van der Waals surface area contributed by atoms with Crippen LogP contribution in [-0.4, -0.2) is 21.6 Å². The van der Waals surface area contributed by atoms with E-state index in [-0.39, 0.29) is 0 Å². The van der Waals surface area contributed by atoms with Gasteiger partial charge in [-0.05, 0) is 19.8 Å². The summed E-state index contributed by atoms with van der Waals surface area (Å²) >= 11 is 5.58. The normalized spacial score (nSPS) is 14.4. The van der Waals surface area contributed by atoms with E-state index in [0.29, 0.717) is 11.6 Å². The summed E-state index contributed by atoms with van der Waals surface area (Å²) in [6, 6.07) is 0. The van der Waals surface area contributed by atoms with E-state index in [1.54, 1.807) is 0 Å². The van der Waals surface area contributed by atoms with Crippen LogP contribution in [0.15, 0.2) is 23.8 Å². The first-order valence-electron chi connectivity index (χ1n) is 6.09. The van der Waals surface area contributed by atoms with Crippen LogP contribution in [0.5, 0.6) is 0 Å². The Labute approximate surface area is 117 Å². The summed E-state index contributed by atoms with van der Waals surface area (Å²) in [5, 5.41) is 0. The minimum atomic E-state index is -0.805. The Morgan fingerprint density at radius 3 is 2.76 bits per heavy atom. The van der Waals surface area contributed by atoms with E-state index in [9.17, 15) is 4.21 Å². The molecule has 0 aromatic rings. The van der Waals surface area contributed by atoms with E-state index >= 15 is 0 Å². The lowest BCUT2D eigenvalue weighted by Crippen LogP contribution is -1.91. The monoisotopic (exact) mass is 294 g/mol. The third-order valence-electron chi connectivity index (χ3n) is 2.22. The zero-order valence-electron chi connectivity index (χ0n) is 10.8.